The van der Waals surface area contributed by atoms with E-state index in [1.807, 2.05) is 10.7 Å². The summed E-state index contributed by atoms with van der Waals surface area (Å²) in [5, 5.41) is 7.12. The fourth-order valence-corrected chi connectivity index (χ4v) is 4.58. The van der Waals surface area contributed by atoms with Gasteiger partial charge in [-0.3, -0.25) is 4.99 Å². The van der Waals surface area contributed by atoms with E-state index in [1.165, 1.54) is 18.6 Å². The Labute approximate surface area is 160 Å². The van der Waals surface area contributed by atoms with Crippen molar-refractivity contribution >= 4 is 33.0 Å². The van der Waals surface area contributed by atoms with Crippen LogP contribution in [0.2, 0.25) is 0 Å². The lowest BCUT2D eigenvalue weighted by Crippen LogP contribution is -2.18. The topological polar surface area (TPSA) is 38.9 Å². The van der Waals surface area contributed by atoms with Gasteiger partial charge in [0.15, 0.2) is 0 Å². The monoisotopic (exact) mass is 419 g/mol. The van der Waals surface area contributed by atoms with Gasteiger partial charge in [-0.2, -0.15) is 5.10 Å². The van der Waals surface area contributed by atoms with Crippen molar-refractivity contribution in [1.82, 2.24) is 4.68 Å². The molecule has 2 aliphatic rings. The highest BCUT2D eigenvalue weighted by molar-refractivity contribution is 9.10. The van der Waals surface area contributed by atoms with E-state index in [0.29, 0.717) is 0 Å². The van der Waals surface area contributed by atoms with E-state index in [1.54, 1.807) is 11.3 Å². The van der Waals surface area contributed by atoms with E-state index in [0.717, 1.165) is 59.4 Å². The fraction of sp³-hybridized carbons (Fsp3) is 0.474. The van der Waals surface area contributed by atoms with Crippen LogP contribution >= 0.6 is 27.3 Å². The summed E-state index contributed by atoms with van der Waals surface area (Å²) < 4.78 is 8.84. The van der Waals surface area contributed by atoms with Gasteiger partial charge in [0, 0.05) is 27.7 Å². The van der Waals surface area contributed by atoms with Crippen LogP contribution in [0.4, 0.5) is 0 Å². The van der Waals surface area contributed by atoms with Crippen molar-refractivity contribution in [1.29, 1.82) is 0 Å². The SMILES string of the molecule is Brc1cccc(-c2csc(=NC[C@H]3CCCO3)n2N=C2CCCC2)c1. The molecule has 0 bridgehead atoms. The highest BCUT2D eigenvalue weighted by Gasteiger charge is 2.16. The largest absolute Gasteiger partial charge is 0.376 e. The molecule has 1 aromatic carbocycles. The molecule has 1 aliphatic carbocycles. The van der Waals surface area contributed by atoms with Gasteiger partial charge >= 0.3 is 0 Å². The smallest absolute Gasteiger partial charge is 0.206 e. The van der Waals surface area contributed by atoms with E-state index in [4.69, 9.17) is 14.8 Å². The van der Waals surface area contributed by atoms with Gasteiger partial charge < -0.3 is 4.74 Å². The summed E-state index contributed by atoms with van der Waals surface area (Å²) in [6.45, 7) is 1.60. The summed E-state index contributed by atoms with van der Waals surface area (Å²) in [6.07, 6.45) is 7.23. The fourth-order valence-electron chi connectivity index (χ4n) is 3.34. The molecule has 6 heteroatoms. The molecule has 2 heterocycles. The number of benzene rings is 1. The van der Waals surface area contributed by atoms with Crippen molar-refractivity contribution < 1.29 is 4.74 Å². The third kappa shape index (κ3) is 4.13. The molecule has 4 nitrogen and oxygen atoms in total. The number of nitrogens with zero attached hydrogens (tertiary/aromatic N) is 3. The Morgan fingerprint density at radius 2 is 2.12 bits per heavy atom. The van der Waals surface area contributed by atoms with Crippen molar-refractivity contribution in [2.45, 2.75) is 44.6 Å². The first kappa shape index (κ1) is 17.2. The Morgan fingerprint density at radius 3 is 2.88 bits per heavy atom. The number of hydrogen-bond donors (Lipinski definition) is 0. The Kier molecular flexibility index (Phi) is 5.48. The summed E-state index contributed by atoms with van der Waals surface area (Å²) in [7, 11) is 0. The lowest BCUT2D eigenvalue weighted by atomic mass is 10.2. The van der Waals surface area contributed by atoms with Crippen LogP contribution in [0, 0.1) is 0 Å². The zero-order valence-corrected chi connectivity index (χ0v) is 16.6. The van der Waals surface area contributed by atoms with Gasteiger partial charge in [-0.15, -0.1) is 11.3 Å². The van der Waals surface area contributed by atoms with E-state index in [9.17, 15) is 0 Å². The molecule has 1 aliphatic heterocycles. The van der Waals surface area contributed by atoms with Gasteiger partial charge in [-0.25, -0.2) is 4.68 Å². The molecule has 1 aromatic heterocycles. The zero-order valence-electron chi connectivity index (χ0n) is 14.2. The maximum Gasteiger partial charge on any atom is 0.206 e. The lowest BCUT2D eigenvalue weighted by Gasteiger charge is -2.07. The second kappa shape index (κ2) is 7.98. The Bertz CT molecular complexity index is 825. The number of rotatable bonds is 4. The normalized spacial score (nSPS) is 21.2. The highest BCUT2D eigenvalue weighted by Crippen LogP contribution is 2.25. The van der Waals surface area contributed by atoms with Crippen molar-refractivity contribution in [3.63, 3.8) is 0 Å². The van der Waals surface area contributed by atoms with Crippen LogP contribution in [0.5, 0.6) is 0 Å². The van der Waals surface area contributed by atoms with Gasteiger partial charge in [0.25, 0.3) is 0 Å². The maximum absolute atomic E-state index is 5.71. The highest BCUT2D eigenvalue weighted by atomic mass is 79.9. The maximum atomic E-state index is 5.71. The predicted octanol–water partition coefficient (Wildman–Crippen LogP) is 4.84. The molecule has 25 heavy (non-hydrogen) atoms. The average Bonchev–Trinajstić information content (AvgIpc) is 3.36. The van der Waals surface area contributed by atoms with E-state index in [2.05, 4.69) is 39.5 Å². The first-order valence-corrected chi connectivity index (χ1v) is 10.6. The standard InChI is InChI=1S/C19H22BrN3OS/c20-15-6-3-5-14(11-15)18-13-25-19(21-12-17-9-4-10-24-17)23(18)22-16-7-1-2-8-16/h3,5-6,11,13,17H,1-2,4,7-10,12H2/t17-/m1/s1. The Hall–Kier alpha value is -1.24. The summed E-state index contributed by atoms with van der Waals surface area (Å²) in [6, 6.07) is 8.37. The molecule has 2 fully saturated rings. The van der Waals surface area contributed by atoms with Crippen LogP contribution in [-0.4, -0.2) is 29.6 Å². The van der Waals surface area contributed by atoms with Crippen molar-refractivity contribution in [3.8, 4) is 11.3 Å². The van der Waals surface area contributed by atoms with Crippen molar-refractivity contribution in [2.24, 2.45) is 10.1 Å². The number of halogens is 1. The number of hydrogen-bond acceptors (Lipinski definition) is 4. The molecule has 0 radical (unpaired) electrons. The third-order valence-corrected chi connectivity index (χ3v) is 6.03. The van der Waals surface area contributed by atoms with Crippen LogP contribution in [0.25, 0.3) is 11.3 Å². The minimum Gasteiger partial charge on any atom is -0.376 e. The second-order valence-electron chi connectivity index (χ2n) is 6.57. The van der Waals surface area contributed by atoms with E-state index in [-0.39, 0.29) is 6.10 Å². The van der Waals surface area contributed by atoms with Crippen LogP contribution in [0.1, 0.15) is 38.5 Å². The first-order chi connectivity index (χ1) is 12.3. The van der Waals surface area contributed by atoms with Crippen LogP contribution < -0.4 is 4.80 Å². The van der Waals surface area contributed by atoms with Crippen LogP contribution in [0.3, 0.4) is 0 Å². The minimum absolute atomic E-state index is 0.268. The predicted molar refractivity (Wildman–Crippen MR) is 106 cm³/mol. The van der Waals surface area contributed by atoms with E-state index >= 15 is 0 Å². The molecule has 1 atom stereocenters. The second-order valence-corrected chi connectivity index (χ2v) is 8.33. The molecule has 1 saturated carbocycles. The first-order valence-electron chi connectivity index (χ1n) is 8.95. The average molecular weight is 420 g/mol. The van der Waals surface area contributed by atoms with Crippen molar-refractivity contribution in [2.75, 3.05) is 13.2 Å². The van der Waals surface area contributed by atoms with Crippen molar-refractivity contribution in [3.05, 3.63) is 38.9 Å². The van der Waals surface area contributed by atoms with Gasteiger partial charge in [-0.05, 0) is 50.7 Å². The van der Waals surface area contributed by atoms with E-state index < -0.39 is 0 Å². The summed E-state index contributed by atoms with van der Waals surface area (Å²) >= 11 is 5.23. The number of aromatic nitrogens is 1. The number of ether oxygens (including phenoxy) is 1. The summed E-state index contributed by atoms with van der Waals surface area (Å²) in [4.78, 5) is 5.80. The molecule has 0 unspecified atom stereocenters. The van der Waals surface area contributed by atoms with Gasteiger partial charge in [0.2, 0.25) is 4.80 Å². The molecule has 4 rings (SSSR count). The Morgan fingerprint density at radius 1 is 1.24 bits per heavy atom. The lowest BCUT2D eigenvalue weighted by molar-refractivity contribution is 0.117. The third-order valence-electron chi connectivity index (χ3n) is 4.68. The molecule has 1 saturated heterocycles. The molecule has 132 valence electrons. The van der Waals surface area contributed by atoms with Crippen LogP contribution in [0.15, 0.2) is 44.2 Å². The van der Waals surface area contributed by atoms with Gasteiger partial charge in [0.05, 0.1) is 18.3 Å². The minimum atomic E-state index is 0.268. The molecule has 0 spiro atoms. The van der Waals surface area contributed by atoms with Crippen LogP contribution in [-0.2, 0) is 4.74 Å². The zero-order chi connectivity index (χ0) is 17.1. The summed E-state index contributed by atoms with van der Waals surface area (Å²) in [5.41, 5.74) is 3.55. The number of thiazole rings is 1. The van der Waals surface area contributed by atoms with Gasteiger partial charge in [-0.1, -0.05) is 28.1 Å². The Balaban J connectivity index is 1.73. The molecule has 0 N–H and O–H groups in total. The molecular weight excluding hydrogens is 398 g/mol. The molecular formula is C19H22BrN3OS. The molecule has 2 aromatic rings. The summed E-state index contributed by atoms with van der Waals surface area (Å²) in [5.74, 6) is 0. The quantitative estimate of drug-likeness (QED) is 0.698. The van der Waals surface area contributed by atoms with Gasteiger partial charge in [0.1, 0.15) is 0 Å². The molecule has 0 amide bonds.